The molecule has 2 atom stereocenters. The molecule has 2 aromatic carbocycles. The lowest BCUT2D eigenvalue weighted by molar-refractivity contribution is 0.241. The van der Waals surface area contributed by atoms with Gasteiger partial charge < -0.3 is 0 Å². The lowest BCUT2D eigenvalue weighted by Crippen LogP contribution is -2.29. The quantitative estimate of drug-likeness (QED) is 0.273. The molecular weight excluding hydrogens is 458 g/mol. The van der Waals surface area contributed by atoms with E-state index in [4.69, 9.17) is 23.2 Å². The van der Waals surface area contributed by atoms with Gasteiger partial charge >= 0.3 is 0 Å². The zero-order valence-electron chi connectivity index (χ0n) is 17.3. The van der Waals surface area contributed by atoms with Crippen molar-refractivity contribution in [2.24, 2.45) is 11.8 Å². The molecule has 0 radical (unpaired) electrons. The van der Waals surface area contributed by atoms with Crippen LogP contribution in [0, 0.1) is 11.8 Å². The van der Waals surface area contributed by atoms with Crippen LogP contribution >= 0.6 is 48.0 Å². The van der Waals surface area contributed by atoms with Crippen LogP contribution in [0.4, 0.5) is 0 Å². The van der Waals surface area contributed by atoms with Crippen molar-refractivity contribution in [3.63, 3.8) is 0 Å². The lowest BCUT2D eigenvalue weighted by Gasteiger charge is -2.31. The van der Waals surface area contributed by atoms with Gasteiger partial charge in [-0.25, -0.2) is 0 Å². The van der Waals surface area contributed by atoms with Crippen molar-refractivity contribution >= 4 is 48.0 Å². The van der Waals surface area contributed by atoms with E-state index in [1.807, 2.05) is 12.1 Å². The minimum Gasteiger partial charge on any atom is -0.297 e. The standard InChI is InChI=1S/C24H32Cl2N2.2ClH/c25-23(27-17-21-7-3-1-4-8-21)15-19-11-13-20(14-12-19)16-24(26)28-18-22-9-5-2-6-10-22;;/h1-10,19-20,23-24,27-28H,11-18H2;2*1H. The van der Waals surface area contributed by atoms with Gasteiger partial charge in [-0.1, -0.05) is 86.3 Å². The van der Waals surface area contributed by atoms with E-state index in [2.05, 4.69) is 59.2 Å². The number of hydrogen-bond donors (Lipinski definition) is 2. The second-order valence-corrected chi connectivity index (χ2v) is 9.08. The van der Waals surface area contributed by atoms with Crippen molar-refractivity contribution in [2.45, 2.75) is 62.6 Å². The topological polar surface area (TPSA) is 24.1 Å². The van der Waals surface area contributed by atoms with E-state index in [0.29, 0.717) is 0 Å². The van der Waals surface area contributed by atoms with Crippen molar-refractivity contribution in [3.8, 4) is 0 Å². The first kappa shape index (κ1) is 27.6. The summed E-state index contributed by atoms with van der Waals surface area (Å²) in [7, 11) is 0. The van der Waals surface area contributed by atoms with Crippen LogP contribution in [0.15, 0.2) is 60.7 Å². The highest BCUT2D eigenvalue weighted by molar-refractivity contribution is 6.20. The molecule has 0 bridgehead atoms. The summed E-state index contributed by atoms with van der Waals surface area (Å²) >= 11 is 13.1. The van der Waals surface area contributed by atoms with Gasteiger partial charge in [0.05, 0.1) is 11.0 Å². The monoisotopic (exact) mass is 490 g/mol. The van der Waals surface area contributed by atoms with Crippen LogP contribution in [-0.2, 0) is 13.1 Å². The molecule has 168 valence electrons. The molecule has 2 N–H and O–H groups in total. The van der Waals surface area contributed by atoms with Gasteiger partial charge in [-0.15, -0.1) is 48.0 Å². The number of nitrogens with one attached hydrogen (secondary N) is 2. The second kappa shape index (κ2) is 15.3. The van der Waals surface area contributed by atoms with Gasteiger partial charge in [-0.05, 0) is 35.8 Å². The molecule has 1 fully saturated rings. The average Bonchev–Trinajstić information content (AvgIpc) is 2.74. The van der Waals surface area contributed by atoms with Gasteiger partial charge in [-0.3, -0.25) is 10.6 Å². The lowest BCUT2D eigenvalue weighted by atomic mass is 9.79. The molecular formula is C24H34Cl4N2. The van der Waals surface area contributed by atoms with Crippen LogP contribution in [0.2, 0.25) is 0 Å². The molecule has 30 heavy (non-hydrogen) atoms. The number of alkyl halides is 2. The van der Waals surface area contributed by atoms with E-state index >= 15 is 0 Å². The van der Waals surface area contributed by atoms with Gasteiger partial charge in [-0.2, -0.15) is 0 Å². The Morgan fingerprint density at radius 2 is 0.967 bits per heavy atom. The molecule has 2 nitrogen and oxygen atoms in total. The zero-order valence-corrected chi connectivity index (χ0v) is 20.5. The van der Waals surface area contributed by atoms with E-state index in [-0.39, 0.29) is 35.8 Å². The maximum absolute atomic E-state index is 6.54. The van der Waals surface area contributed by atoms with Gasteiger partial charge in [0.2, 0.25) is 0 Å². The van der Waals surface area contributed by atoms with Crippen molar-refractivity contribution in [3.05, 3.63) is 71.8 Å². The minimum absolute atomic E-state index is 0. The summed E-state index contributed by atoms with van der Waals surface area (Å²) < 4.78 is 0. The van der Waals surface area contributed by atoms with E-state index in [0.717, 1.165) is 37.8 Å². The fraction of sp³-hybridized carbons (Fsp3) is 0.500. The zero-order chi connectivity index (χ0) is 19.6. The Morgan fingerprint density at radius 1 is 0.633 bits per heavy atom. The first-order valence-electron chi connectivity index (χ1n) is 10.5. The SMILES string of the molecule is Cl.Cl.ClC(CC1CCC(CC(Cl)NCc2ccccc2)CC1)NCc1ccccc1. The normalized spacial score (nSPS) is 20.5. The fourth-order valence-electron chi connectivity index (χ4n) is 4.10. The Bertz CT molecular complexity index is 604. The third-order valence-corrected chi connectivity index (χ3v) is 6.45. The van der Waals surface area contributed by atoms with E-state index in [1.165, 1.54) is 36.8 Å². The molecule has 0 aromatic heterocycles. The van der Waals surface area contributed by atoms with Crippen LogP contribution in [0.5, 0.6) is 0 Å². The van der Waals surface area contributed by atoms with Crippen LogP contribution in [0.3, 0.4) is 0 Å². The summed E-state index contributed by atoms with van der Waals surface area (Å²) in [6, 6.07) is 20.9. The smallest absolute Gasteiger partial charge is 0.0830 e. The Labute approximate surface area is 204 Å². The van der Waals surface area contributed by atoms with Gasteiger partial charge in [0, 0.05) is 13.1 Å². The number of halogens is 4. The minimum atomic E-state index is 0. The summed E-state index contributed by atoms with van der Waals surface area (Å²) in [6.07, 6.45) is 7.17. The van der Waals surface area contributed by atoms with E-state index in [9.17, 15) is 0 Å². The summed E-state index contributed by atoms with van der Waals surface area (Å²) in [5.41, 5.74) is 2.67. The fourth-order valence-corrected chi connectivity index (χ4v) is 4.76. The van der Waals surface area contributed by atoms with Crippen molar-refractivity contribution in [2.75, 3.05) is 0 Å². The van der Waals surface area contributed by atoms with Gasteiger partial charge in [0.1, 0.15) is 0 Å². The summed E-state index contributed by atoms with van der Waals surface area (Å²) in [5, 5.41) is 6.91. The first-order valence-corrected chi connectivity index (χ1v) is 11.4. The molecule has 1 saturated carbocycles. The summed E-state index contributed by atoms with van der Waals surface area (Å²) in [5.74, 6) is 1.46. The third-order valence-electron chi connectivity index (χ3n) is 5.79. The number of benzene rings is 2. The number of hydrogen-bond acceptors (Lipinski definition) is 2. The Balaban J connectivity index is 0.00000225. The van der Waals surface area contributed by atoms with Crippen LogP contribution < -0.4 is 10.6 Å². The van der Waals surface area contributed by atoms with Crippen molar-refractivity contribution in [1.82, 2.24) is 10.6 Å². The highest BCUT2D eigenvalue weighted by atomic mass is 35.5. The average molecular weight is 492 g/mol. The molecule has 2 unspecified atom stereocenters. The van der Waals surface area contributed by atoms with Gasteiger partial charge in [0.15, 0.2) is 0 Å². The molecule has 0 amide bonds. The highest BCUT2D eigenvalue weighted by Crippen LogP contribution is 2.34. The number of rotatable bonds is 10. The van der Waals surface area contributed by atoms with Crippen LogP contribution in [0.1, 0.15) is 49.7 Å². The predicted octanol–water partition coefficient (Wildman–Crippen LogP) is 7.13. The predicted molar refractivity (Wildman–Crippen MR) is 135 cm³/mol. The molecule has 0 spiro atoms. The molecule has 0 aliphatic heterocycles. The molecule has 3 rings (SSSR count). The maximum Gasteiger partial charge on any atom is 0.0830 e. The molecule has 0 heterocycles. The summed E-state index contributed by atoms with van der Waals surface area (Å²) in [6.45, 7) is 1.68. The Kier molecular flexibility index (Phi) is 14.1. The molecule has 2 aromatic rings. The Hall–Kier alpha value is -0.480. The van der Waals surface area contributed by atoms with Crippen molar-refractivity contribution < 1.29 is 0 Å². The van der Waals surface area contributed by atoms with Gasteiger partial charge in [0.25, 0.3) is 0 Å². The maximum atomic E-state index is 6.54. The summed E-state index contributed by atoms with van der Waals surface area (Å²) in [4.78, 5) is 0. The molecule has 1 aliphatic carbocycles. The van der Waals surface area contributed by atoms with E-state index < -0.39 is 0 Å². The largest absolute Gasteiger partial charge is 0.297 e. The third kappa shape index (κ3) is 10.2. The van der Waals surface area contributed by atoms with Crippen LogP contribution in [0.25, 0.3) is 0 Å². The molecule has 1 aliphatic rings. The molecule has 6 heteroatoms. The van der Waals surface area contributed by atoms with Crippen molar-refractivity contribution in [1.29, 1.82) is 0 Å². The first-order chi connectivity index (χ1) is 13.7. The van der Waals surface area contributed by atoms with E-state index in [1.54, 1.807) is 0 Å². The second-order valence-electron chi connectivity index (χ2n) is 8.03. The Morgan fingerprint density at radius 3 is 1.30 bits per heavy atom. The molecule has 0 saturated heterocycles. The highest BCUT2D eigenvalue weighted by Gasteiger charge is 2.24. The van der Waals surface area contributed by atoms with Crippen LogP contribution in [-0.4, -0.2) is 11.0 Å².